The number of carbonyl (C=O) groups is 2. The summed E-state index contributed by atoms with van der Waals surface area (Å²) in [7, 11) is 0. The summed E-state index contributed by atoms with van der Waals surface area (Å²) >= 11 is 0. The van der Waals surface area contributed by atoms with Crippen LogP contribution in [0.25, 0.3) is 0 Å². The molecule has 0 aromatic heterocycles. The SMILES string of the molecule is CC(C)CC#C[C@H](NC(=O)OC(C)(C)C)C(=O)O. The van der Waals surface area contributed by atoms with Gasteiger partial charge in [-0.1, -0.05) is 19.8 Å². The van der Waals surface area contributed by atoms with Gasteiger partial charge in [0.05, 0.1) is 0 Å². The van der Waals surface area contributed by atoms with Gasteiger partial charge in [0.1, 0.15) is 5.60 Å². The molecule has 1 atom stereocenters. The van der Waals surface area contributed by atoms with Crippen molar-refractivity contribution in [2.45, 2.75) is 52.7 Å². The molecule has 18 heavy (non-hydrogen) atoms. The lowest BCUT2D eigenvalue weighted by Crippen LogP contribution is -2.42. The minimum atomic E-state index is -1.24. The van der Waals surface area contributed by atoms with Gasteiger partial charge >= 0.3 is 12.1 Å². The Kier molecular flexibility index (Phi) is 6.24. The van der Waals surface area contributed by atoms with Gasteiger partial charge in [-0.2, -0.15) is 0 Å². The van der Waals surface area contributed by atoms with Crippen LogP contribution in [0.1, 0.15) is 41.0 Å². The fourth-order valence-corrected chi connectivity index (χ4v) is 0.950. The third kappa shape index (κ3) is 8.45. The minimum Gasteiger partial charge on any atom is -0.479 e. The first-order chi connectivity index (χ1) is 8.11. The molecule has 5 nitrogen and oxygen atoms in total. The van der Waals surface area contributed by atoms with E-state index >= 15 is 0 Å². The number of amides is 1. The molecule has 0 radical (unpaired) electrons. The van der Waals surface area contributed by atoms with Crippen LogP contribution in [0.3, 0.4) is 0 Å². The summed E-state index contributed by atoms with van der Waals surface area (Å²) in [6.45, 7) is 9.06. The largest absolute Gasteiger partial charge is 0.479 e. The Morgan fingerprint density at radius 3 is 2.28 bits per heavy atom. The van der Waals surface area contributed by atoms with Crippen LogP contribution in [0.5, 0.6) is 0 Å². The number of carboxylic acids is 1. The molecule has 0 spiro atoms. The summed E-state index contributed by atoms with van der Waals surface area (Å²) < 4.78 is 4.96. The van der Waals surface area contributed by atoms with Gasteiger partial charge in [-0.15, -0.1) is 5.92 Å². The van der Waals surface area contributed by atoms with E-state index in [-0.39, 0.29) is 0 Å². The third-order valence-electron chi connectivity index (χ3n) is 1.66. The maximum Gasteiger partial charge on any atom is 0.409 e. The van der Waals surface area contributed by atoms with Crippen molar-refractivity contribution in [2.24, 2.45) is 5.92 Å². The molecule has 5 heteroatoms. The number of hydrogen-bond donors (Lipinski definition) is 2. The first kappa shape index (κ1) is 16.3. The maximum atomic E-state index is 11.4. The topological polar surface area (TPSA) is 75.6 Å². The highest BCUT2D eigenvalue weighted by Gasteiger charge is 2.22. The molecule has 2 N–H and O–H groups in total. The number of hydrogen-bond acceptors (Lipinski definition) is 3. The van der Waals surface area contributed by atoms with Crippen molar-refractivity contribution in [1.29, 1.82) is 0 Å². The van der Waals surface area contributed by atoms with Crippen molar-refractivity contribution in [2.75, 3.05) is 0 Å². The number of nitrogens with one attached hydrogen (secondary N) is 1. The van der Waals surface area contributed by atoms with Gasteiger partial charge < -0.3 is 9.84 Å². The molecule has 0 saturated carbocycles. The molecule has 0 saturated heterocycles. The standard InChI is InChI=1S/C13H21NO4/c1-9(2)7-6-8-10(11(15)16)14-12(17)18-13(3,4)5/h9-10H,7H2,1-5H3,(H,14,17)(H,15,16)/t10-/m0/s1. The highest BCUT2D eigenvalue weighted by molar-refractivity contribution is 5.83. The van der Waals surface area contributed by atoms with E-state index in [1.807, 2.05) is 13.8 Å². The lowest BCUT2D eigenvalue weighted by atomic mass is 10.1. The molecule has 0 fully saturated rings. The predicted octanol–water partition coefficient (Wildman–Crippen LogP) is 2.01. The predicted molar refractivity (Wildman–Crippen MR) is 68.0 cm³/mol. The maximum absolute atomic E-state index is 11.4. The smallest absolute Gasteiger partial charge is 0.409 e. The molecular formula is C13H21NO4. The molecule has 0 aliphatic rings. The highest BCUT2D eigenvalue weighted by Crippen LogP contribution is 2.06. The molecule has 0 rings (SSSR count). The van der Waals surface area contributed by atoms with E-state index < -0.39 is 23.7 Å². The van der Waals surface area contributed by atoms with Gasteiger partial charge in [-0.25, -0.2) is 9.59 Å². The molecular weight excluding hydrogens is 234 g/mol. The van der Waals surface area contributed by atoms with Crippen molar-refractivity contribution in [3.05, 3.63) is 0 Å². The van der Waals surface area contributed by atoms with Crippen molar-refractivity contribution >= 4 is 12.1 Å². The molecule has 102 valence electrons. The average Bonchev–Trinajstić information content (AvgIpc) is 2.12. The Balaban J connectivity index is 4.49. The van der Waals surface area contributed by atoms with E-state index in [0.29, 0.717) is 12.3 Å². The highest BCUT2D eigenvalue weighted by atomic mass is 16.6. The van der Waals surface area contributed by atoms with Crippen LogP contribution in [-0.4, -0.2) is 28.8 Å². The lowest BCUT2D eigenvalue weighted by Gasteiger charge is -2.20. The first-order valence-corrected chi connectivity index (χ1v) is 5.82. The molecule has 0 unspecified atom stereocenters. The summed E-state index contributed by atoms with van der Waals surface area (Å²) in [6.07, 6.45) is -0.200. The number of carbonyl (C=O) groups excluding carboxylic acids is 1. The second kappa shape index (κ2) is 6.90. The quantitative estimate of drug-likeness (QED) is 0.756. The molecule has 0 aliphatic heterocycles. The van der Waals surface area contributed by atoms with Crippen LogP contribution in [0, 0.1) is 17.8 Å². The van der Waals surface area contributed by atoms with Gasteiger partial charge in [0.25, 0.3) is 0 Å². The monoisotopic (exact) mass is 255 g/mol. The van der Waals surface area contributed by atoms with Crippen molar-refractivity contribution < 1.29 is 19.4 Å². The fraction of sp³-hybridized carbons (Fsp3) is 0.692. The Labute approximate surface area is 108 Å². The van der Waals surface area contributed by atoms with E-state index in [1.54, 1.807) is 20.8 Å². The van der Waals surface area contributed by atoms with Gasteiger partial charge in [0, 0.05) is 6.42 Å². The Hall–Kier alpha value is -1.70. The first-order valence-electron chi connectivity index (χ1n) is 5.82. The Morgan fingerprint density at radius 2 is 1.89 bits per heavy atom. The fourth-order valence-electron chi connectivity index (χ4n) is 0.950. The van der Waals surface area contributed by atoms with Crippen molar-refractivity contribution in [1.82, 2.24) is 5.32 Å². The zero-order valence-electron chi connectivity index (χ0n) is 11.5. The summed E-state index contributed by atoms with van der Waals surface area (Å²) in [4.78, 5) is 22.3. The number of carboxylic acid groups (broad SMARTS) is 1. The second-order valence-corrected chi connectivity index (χ2v) is 5.34. The number of alkyl carbamates (subject to hydrolysis) is 1. The van der Waals surface area contributed by atoms with Crippen molar-refractivity contribution in [3.8, 4) is 11.8 Å². The van der Waals surface area contributed by atoms with Crippen LogP contribution in [0.2, 0.25) is 0 Å². The molecule has 0 bridgehead atoms. The van der Waals surface area contributed by atoms with E-state index in [0.717, 1.165) is 0 Å². The van der Waals surface area contributed by atoms with Crippen LogP contribution in [0.15, 0.2) is 0 Å². The number of aliphatic carboxylic acids is 1. The zero-order valence-corrected chi connectivity index (χ0v) is 11.5. The van der Waals surface area contributed by atoms with Crippen LogP contribution in [0.4, 0.5) is 4.79 Å². The number of rotatable bonds is 3. The van der Waals surface area contributed by atoms with E-state index in [9.17, 15) is 9.59 Å². The lowest BCUT2D eigenvalue weighted by molar-refractivity contribution is -0.137. The summed E-state index contributed by atoms with van der Waals surface area (Å²) in [5.74, 6) is 4.40. The normalized spacial score (nSPS) is 12.3. The summed E-state index contributed by atoms with van der Waals surface area (Å²) in [5, 5.41) is 11.1. The van der Waals surface area contributed by atoms with E-state index in [2.05, 4.69) is 17.2 Å². The summed E-state index contributed by atoms with van der Waals surface area (Å²) in [5.41, 5.74) is -0.668. The van der Waals surface area contributed by atoms with Gasteiger partial charge in [0.2, 0.25) is 0 Å². The van der Waals surface area contributed by atoms with E-state index in [1.165, 1.54) is 0 Å². The molecule has 0 aromatic carbocycles. The minimum absolute atomic E-state index is 0.355. The molecule has 1 amide bonds. The summed E-state index contributed by atoms with van der Waals surface area (Å²) in [6, 6.07) is -1.24. The van der Waals surface area contributed by atoms with Gasteiger partial charge in [-0.05, 0) is 26.7 Å². The number of ether oxygens (including phenoxy) is 1. The van der Waals surface area contributed by atoms with Crippen LogP contribution in [-0.2, 0) is 9.53 Å². The van der Waals surface area contributed by atoms with E-state index in [4.69, 9.17) is 9.84 Å². The molecule has 0 aromatic rings. The Morgan fingerprint density at radius 1 is 1.33 bits per heavy atom. The van der Waals surface area contributed by atoms with Crippen molar-refractivity contribution in [3.63, 3.8) is 0 Å². The Bertz CT molecular complexity index is 357. The van der Waals surface area contributed by atoms with Gasteiger partial charge in [0.15, 0.2) is 6.04 Å². The van der Waals surface area contributed by atoms with Crippen LogP contribution >= 0.6 is 0 Å². The van der Waals surface area contributed by atoms with Gasteiger partial charge in [-0.3, -0.25) is 5.32 Å². The molecule has 0 heterocycles. The average molecular weight is 255 g/mol. The zero-order chi connectivity index (χ0) is 14.3. The van der Waals surface area contributed by atoms with Crippen LogP contribution < -0.4 is 5.32 Å². The molecule has 0 aliphatic carbocycles. The second-order valence-electron chi connectivity index (χ2n) is 5.34. The third-order valence-corrected chi connectivity index (χ3v) is 1.66.